The second-order valence-corrected chi connectivity index (χ2v) is 4.65. The van der Waals surface area contributed by atoms with E-state index in [0.717, 1.165) is 18.0 Å². The fraction of sp³-hybridized carbons (Fsp3) is 0.294. The first-order valence-electron chi connectivity index (χ1n) is 6.81. The predicted octanol–water partition coefficient (Wildman–Crippen LogP) is 4.30. The second kappa shape index (κ2) is 6.83. The maximum atomic E-state index is 5.50. The number of ether oxygens (including phenoxy) is 1. The molecule has 1 atom stereocenters. The van der Waals surface area contributed by atoms with E-state index in [0.29, 0.717) is 12.5 Å². The Bertz CT molecular complexity index is 496. The highest BCUT2D eigenvalue weighted by Gasteiger charge is 2.04. The van der Waals surface area contributed by atoms with E-state index in [1.54, 1.807) is 0 Å². The molecular weight excluding hydrogens is 234 g/mol. The van der Waals surface area contributed by atoms with Crippen LogP contribution in [0.3, 0.4) is 0 Å². The minimum Gasteiger partial charge on any atom is -0.494 e. The molecule has 1 unspecified atom stereocenters. The standard InChI is InChI=1S/C17H21NO/c1-3-19-17-11-7-10-16(12-17)18-13-14(2)15-8-5-4-6-9-15/h4-12,14,18H,3,13H2,1-2H3. The number of hydrogen-bond donors (Lipinski definition) is 1. The lowest BCUT2D eigenvalue weighted by Crippen LogP contribution is -2.09. The van der Waals surface area contributed by atoms with Gasteiger partial charge in [-0.25, -0.2) is 0 Å². The van der Waals surface area contributed by atoms with Crippen molar-refractivity contribution in [3.8, 4) is 5.75 Å². The summed E-state index contributed by atoms with van der Waals surface area (Å²) in [5.74, 6) is 1.40. The molecule has 2 rings (SSSR count). The van der Waals surface area contributed by atoms with Gasteiger partial charge >= 0.3 is 0 Å². The third-order valence-corrected chi connectivity index (χ3v) is 3.13. The van der Waals surface area contributed by atoms with Gasteiger partial charge in [0.25, 0.3) is 0 Å². The minimum atomic E-state index is 0.483. The van der Waals surface area contributed by atoms with Gasteiger partial charge in [-0.15, -0.1) is 0 Å². The van der Waals surface area contributed by atoms with Gasteiger partial charge in [0.15, 0.2) is 0 Å². The molecule has 2 heteroatoms. The molecule has 0 radical (unpaired) electrons. The molecular formula is C17H21NO. The number of rotatable bonds is 6. The minimum absolute atomic E-state index is 0.483. The van der Waals surface area contributed by atoms with E-state index >= 15 is 0 Å². The normalized spacial score (nSPS) is 11.9. The molecule has 0 spiro atoms. The van der Waals surface area contributed by atoms with Gasteiger partial charge in [0.2, 0.25) is 0 Å². The third kappa shape index (κ3) is 4.02. The van der Waals surface area contributed by atoms with Gasteiger partial charge < -0.3 is 10.1 Å². The van der Waals surface area contributed by atoms with Crippen LogP contribution < -0.4 is 10.1 Å². The summed E-state index contributed by atoms with van der Waals surface area (Å²) in [6.45, 7) is 5.84. The predicted molar refractivity (Wildman–Crippen MR) is 81.0 cm³/mol. The fourth-order valence-corrected chi connectivity index (χ4v) is 2.03. The van der Waals surface area contributed by atoms with E-state index in [9.17, 15) is 0 Å². The summed E-state index contributed by atoms with van der Waals surface area (Å²) in [5.41, 5.74) is 2.46. The highest BCUT2D eigenvalue weighted by molar-refractivity contribution is 5.48. The van der Waals surface area contributed by atoms with Gasteiger partial charge in [-0.3, -0.25) is 0 Å². The van der Waals surface area contributed by atoms with Crippen molar-refractivity contribution in [2.75, 3.05) is 18.5 Å². The van der Waals surface area contributed by atoms with Crippen LogP contribution in [-0.4, -0.2) is 13.2 Å². The van der Waals surface area contributed by atoms with Gasteiger partial charge in [-0.1, -0.05) is 43.3 Å². The molecule has 0 aromatic heterocycles. The number of nitrogens with one attached hydrogen (secondary N) is 1. The average molecular weight is 255 g/mol. The maximum absolute atomic E-state index is 5.50. The van der Waals surface area contributed by atoms with Crippen molar-refractivity contribution in [2.24, 2.45) is 0 Å². The lowest BCUT2D eigenvalue weighted by molar-refractivity contribution is 0.340. The summed E-state index contributed by atoms with van der Waals surface area (Å²) in [5, 5.41) is 3.46. The molecule has 2 aromatic rings. The Hall–Kier alpha value is -1.96. The van der Waals surface area contributed by atoms with Crippen LogP contribution >= 0.6 is 0 Å². The zero-order valence-electron chi connectivity index (χ0n) is 11.6. The van der Waals surface area contributed by atoms with Crippen LogP contribution in [0.15, 0.2) is 54.6 Å². The molecule has 0 aliphatic rings. The summed E-state index contributed by atoms with van der Waals surface area (Å²) in [7, 11) is 0. The molecule has 1 N–H and O–H groups in total. The topological polar surface area (TPSA) is 21.3 Å². The summed E-state index contributed by atoms with van der Waals surface area (Å²) in [4.78, 5) is 0. The number of hydrogen-bond acceptors (Lipinski definition) is 2. The van der Waals surface area contributed by atoms with E-state index in [4.69, 9.17) is 4.74 Å². The summed E-state index contributed by atoms with van der Waals surface area (Å²) >= 11 is 0. The highest BCUT2D eigenvalue weighted by atomic mass is 16.5. The molecule has 0 heterocycles. The fourth-order valence-electron chi connectivity index (χ4n) is 2.03. The largest absolute Gasteiger partial charge is 0.494 e. The average Bonchev–Trinajstić information content (AvgIpc) is 2.46. The molecule has 0 bridgehead atoms. The Kier molecular flexibility index (Phi) is 4.85. The van der Waals surface area contributed by atoms with Crippen LogP contribution in [0.1, 0.15) is 25.3 Å². The van der Waals surface area contributed by atoms with Crippen molar-refractivity contribution >= 4 is 5.69 Å². The van der Waals surface area contributed by atoms with Crippen LogP contribution in [-0.2, 0) is 0 Å². The molecule has 19 heavy (non-hydrogen) atoms. The van der Waals surface area contributed by atoms with Crippen molar-refractivity contribution in [2.45, 2.75) is 19.8 Å². The lowest BCUT2D eigenvalue weighted by Gasteiger charge is -2.14. The zero-order valence-corrected chi connectivity index (χ0v) is 11.6. The Morgan fingerprint density at radius 3 is 2.58 bits per heavy atom. The quantitative estimate of drug-likeness (QED) is 0.831. The second-order valence-electron chi connectivity index (χ2n) is 4.65. The molecule has 100 valence electrons. The Morgan fingerprint density at radius 2 is 1.84 bits per heavy atom. The van der Waals surface area contributed by atoms with E-state index in [2.05, 4.69) is 48.6 Å². The summed E-state index contributed by atoms with van der Waals surface area (Å²) < 4.78 is 5.50. The van der Waals surface area contributed by atoms with Gasteiger partial charge in [0.1, 0.15) is 5.75 Å². The maximum Gasteiger partial charge on any atom is 0.121 e. The molecule has 0 amide bonds. The van der Waals surface area contributed by atoms with E-state index in [1.165, 1.54) is 5.56 Å². The highest BCUT2D eigenvalue weighted by Crippen LogP contribution is 2.19. The van der Waals surface area contributed by atoms with Gasteiger partial charge in [0, 0.05) is 18.3 Å². The molecule has 2 aromatic carbocycles. The van der Waals surface area contributed by atoms with Crippen LogP contribution in [0.25, 0.3) is 0 Å². The van der Waals surface area contributed by atoms with Crippen molar-refractivity contribution in [3.05, 3.63) is 60.2 Å². The lowest BCUT2D eigenvalue weighted by atomic mass is 10.0. The Labute approximate surface area is 115 Å². The van der Waals surface area contributed by atoms with Gasteiger partial charge in [-0.2, -0.15) is 0 Å². The van der Waals surface area contributed by atoms with E-state index < -0.39 is 0 Å². The molecule has 0 fully saturated rings. The first-order chi connectivity index (χ1) is 9.29. The van der Waals surface area contributed by atoms with Crippen molar-refractivity contribution in [1.82, 2.24) is 0 Å². The zero-order chi connectivity index (χ0) is 13.5. The van der Waals surface area contributed by atoms with Crippen molar-refractivity contribution in [1.29, 1.82) is 0 Å². The molecule has 0 aliphatic heterocycles. The smallest absolute Gasteiger partial charge is 0.121 e. The number of anilines is 1. The first kappa shape index (κ1) is 13.5. The van der Waals surface area contributed by atoms with Crippen LogP contribution in [0.2, 0.25) is 0 Å². The molecule has 0 saturated carbocycles. The summed E-state index contributed by atoms with van der Waals surface area (Å²) in [6, 6.07) is 18.7. The first-order valence-corrected chi connectivity index (χ1v) is 6.81. The Balaban J connectivity index is 1.93. The van der Waals surface area contributed by atoms with E-state index in [1.807, 2.05) is 25.1 Å². The van der Waals surface area contributed by atoms with Crippen molar-refractivity contribution < 1.29 is 4.74 Å². The number of benzene rings is 2. The Morgan fingerprint density at radius 1 is 1.05 bits per heavy atom. The molecule has 0 aliphatic carbocycles. The van der Waals surface area contributed by atoms with Crippen LogP contribution in [0, 0.1) is 0 Å². The molecule has 0 saturated heterocycles. The SMILES string of the molecule is CCOc1cccc(NCC(C)c2ccccc2)c1. The van der Waals surface area contributed by atoms with Gasteiger partial charge in [-0.05, 0) is 30.5 Å². The van der Waals surface area contributed by atoms with E-state index in [-0.39, 0.29) is 0 Å². The van der Waals surface area contributed by atoms with Crippen LogP contribution in [0.4, 0.5) is 5.69 Å². The van der Waals surface area contributed by atoms with Crippen LogP contribution in [0.5, 0.6) is 5.75 Å². The third-order valence-electron chi connectivity index (χ3n) is 3.13. The monoisotopic (exact) mass is 255 g/mol. The summed E-state index contributed by atoms with van der Waals surface area (Å²) in [6.07, 6.45) is 0. The van der Waals surface area contributed by atoms with Crippen molar-refractivity contribution in [3.63, 3.8) is 0 Å². The molecule has 2 nitrogen and oxygen atoms in total. The van der Waals surface area contributed by atoms with Gasteiger partial charge in [0.05, 0.1) is 6.61 Å².